The van der Waals surface area contributed by atoms with Crippen molar-refractivity contribution in [3.63, 3.8) is 0 Å². The van der Waals surface area contributed by atoms with Crippen LogP contribution in [0.15, 0.2) is 0 Å². The van der Waals surface area contributed by atoms with Crippen LogP contribution in [0.3, 0.4) is 0 Å². The fourth-order valence-electron chi connectivity index (χ4n) is 0.322. The highest BCUT2D eigenvalue weighted by atomic mass is 32.2. The van der Waals surface area contributed by atoms with Gasteiger partial charge in [0.1, 0.15) is 5.75 Å². The van der Waals surface area contributed by atoms with Crippen LogP contribution in [0.4, 0.5) is 13.2 Å². The maximum Gasteiger partial charge on any atom is 0.402 e. The molecule has 0 aliphatic rings. The zero-order valence-corrected chi connectivity index (χ0v) is 5.80. The normalized spacial score (nSPS) is 13.6. The van der Waals surface area contributed by atoms with Crippen LogP contribution in [0.2, 0.25) is 0 Å². The zero-order chi connectivity index (χ0) is 8.41. The van der Waals surface area contributed by atoms with Crippen molar-refractivity contribution in [2.45, 2.75) is 6.18 Å². The number of halogens is 3. The molecule has 0 saturated carbocycles. The summed E-state index contributed by atoms with van der Waals surface area (Å²) in [7, 11) is -4.01. The molecule has 0 heterocycles. The van der Waals surface area contributed by atoms with E-state index in [1.807, 2.05) is 0 Å². The monoisotopic (exact) mass is 175 g/mol. The van der Waals surface area contributed by atoms with Gasteiger partial charge in [0.25, 0.3) is 0 Å². The summed E-state index contributed by atoms with van der Waals surface area (Å²) < 4.78 is 54.5. The minimum Gasteiger partial charge on any atom is -0.228 e. The fraction of sp³-hybridized carbons (Fsp3) is 0.750. The molecule has 0 aromatic heterocycles. The van der Waals surface area contributed by atoms with E-state index in [9.17, 15) is 21.6 Å². The van der Waals surface area contributed by atoms with Crippen LogP contribution < -0.4 is 0 Å². The Morgan fingerprint density at radius 2 is 1.70 bits per heavy atom. The first-order chi connectivity index (χ1) is 4.27. The van der Waals surface area contributed by atoms with Gasteiger partial charge in [0, 0.05) is 0 Å². The molecule has 0 aliphatic carbocycles. The minimum absolute atomic E-state index is 0.716. The van der Waals surface area contributed by atoms with Gasteiger partial charge in [-0.2, -0.15) is 13.2 Å². The van der Waals surface area contributed by atoms with Gasteiger partial charge >= 0.3 is 6.18 Å². The lowest BCUT2D eigenvalue weighted by Gasteiger charge is -2.04. The molecular formula is C4H6F3O2S. The third-order valence-corrected chi connectivity index (χ3v) is 2.08. The van der Waals surface area contributed by atoms with E-state index < -0.39 is 27.5 Å². The van der Waals surface area contributed by atoms with Crippen LogP contribution in [-0.2, 0) is 9.84 Å². The maximum absolute atomic E-state index is 11.3. The molecule has 10 heavy (non-hydrogen) atoms. The summed E-state index contributed by atoms with van der Waals surface area (Å²) in [5.74, 6) is -2.49. The number of hydrogen-bond donors (Lipinski definition) is 0. The van der Waals surface area contributed by atoms with E-state index in [-0.39, 0.29) is 0 Å². The Hall–Kier alpha value is -0.260. The predicted octanol–water partition coefficient (Wildman–Crippen LogP) is 0.798. The first-order valence-electron chi connectivity index (χ1n) is 2.33. The smallest absolute Gasteiger partial charge is 0.228 e. The first kappa shape index (κ1) is 9.74. The van der Waals surface area contributed by atoms with E-state index in [4.69, 9.17) is 0 Å². The Morgan fingerprint density at radius 3 is 1.80 bits per heavy atom. The van der Waals surface area contributed by atoms with Crippen molar-refractivity contribution in [3.8, 4) is 0 Å². The van der Waals surface area contributed by atoms with Crippen molar-refractivity contribution in [3.05, 3.63) is 6.92 Å². The quantitative estimate of drug-likeness (QED) is 0.622. The van der Waals surface area contributed by atoms with Crippen LogP contribution in [-0.4, -0.2) is 26.1 Å². The number of sulfone groups is 1. The SMILES string of the molecule is [CH2]CS(=O)(=O)CC(F)(F)F. The molecule has 0 bridgehead atoms. The molecule has 61 valence electrons. The second-order valence-corrected chi connectivity index (χ2v) is 3.89. The van der Waals surface area contributed by atoms with Gasteiger partial charge in [0.15, 0.2) is 9.84 Å². The number of alkyl halides is 3. The van der Waals surface area contributed by atoms with Crippen molar-refractivity contribution in [2.75, 3.05) is 11.5 Å². The molecule has 0 aromatic rings. The number of hydrogen-bond acceptors (Lipinski definition) is 2. The highest BCUT2D eigenvalue weighted by Crippen LogP contribution is 2.17. The van der Waals surface area contributed by atoms with Crippen LogP contribution in [0.5, 0.6) is 0 Å². The lowest BCUT2D eigenvalue weighted by Crippen LogP contribution is -2.23. The van der Waals surface area contributed by atoms with E-state index >= 15 is 0 Å². The molecule has 0 atom stereocenters. The van der Waals surface area contributed by atoms with Crippen molar-refractivity contribution in [1.82, 2.24) is 0 Å². The molecule has 1 radical (unpaired) electrons. The standard InChI is InChI=1S/C4H6F3O2S/c1-2-10(8,9)3-4(5,6)7/h1-3H2. The third kappa shape index (κ3) is 4.60. The van der Waals surface area contributed by atoms with E-state index in [0.29, 0.717) is 0 Å². The molecule has 2 nitrogen and oxygen atoms in total. The average molecular weight is 175 g/mol. The lowest BCUT2D eigenvalue weighted by molar-refractivity contribution is -0.106. The summed E-state index contributed by atoms with van der Waals surface area (Å²) in [6.45, 7) is 2.85. The van der Waals surface area contributed by atoms with E-state index in [1.165, 1.54) is 0 Å². The molecule has 0 saturated heterocycles. The summed E-state index contributed by atoms with van der Waals surface area (Å²) >= 11 is 0. The molecule has 0 unspecified atom stereocenters. The number of rotatable bonds is 2. The minimum atomic E-state index is -4.64. The van der Waals surface area contributed by atoms with E-state index in [1.54, 1.807) is 0 Å². The fourth-order valence-corrected chi connectivity index (χ4v) is 0.965. The highest BCUT2D eigenvalue weighted by Gasteiger charge is 2.33. The Bertz CT molecular complexity index is 191. The maximum atomic E-state index is 11.3. The van der Waals surface area contributed by atoms with Gasteiger partial charge in [-0.05, 0) is 6.92 Å². The average Bonchev–Trinajstić information content (AvgIpc) is 1.60. The first-order valence-corrected chi connectivity index (χ1v) is 4.15. The second-order valence-electron chi connectivity index (χ2n) is 1.71. The molecule has 0 aromatic carbocycles. The van der Waals surface area contributed by atoms with Gasteiger partial charge < -0.3 is 0 Å². The molecular weight excluding hydrogens is 169 g/mol. The van der Waals surface area contributed by atoms with Gasteiger partial charge in [-0.1, -0.05) is 0 Å². The van der Waals surface area contributed by atoms with Gasteiger partial charge in [-0.15, -0.1) is 0 Å². The Kier molecular flexibility index (Phi) is 2.70. The molecule has 0 rings (SSSR count). The summed E-state index contributed by atoms with van der Waals surface area (Å²) in [4.78, 5) is 0. The predicted molar refractivity (Wildman–Crippen MR) is 30.1 cm³/mol. The Balaban J connectivity index is 4.18. The van der Waals surface area contributed by atoms with Crippen molar-refractivity contribution in [1.29, 1.82) is 0 Å². The van der Waals surface area contributed by atoms with Crippen LogP contribution in [0.25, 0.3) is 0 Å². The van der Waals surface area contributed by atoms with Gasteiger partial charge in [0.05, 0.1) is 5.75 Å². The second kappa shape index (κ2) is 2.77. The van der Waals surface area contributed by atoms with Gasteiger partial charge in [0.2, 0.25) is 0 Å². The molecule has 6 heteroatoms. The van der Waals surface area contributed by atoms with Gasteiger partial charge in [-0.25, -0.2) is 8.42 Å². The van der Waals surface area contributed by atoms with Crippen LogP contribution in [0, 0.1) is 6.92 Å². The molecule has 0 N–H and O–H groups in total. The molecule has 0 spiro atoms. The summed E-state index contributed by atoms with van der Waals surface area (Å²) in [5.41, 5.74) is 0. The van der Waals surface area contributed by atoms with Crippen molar-refractivity contribution in [2.24, 2.45) is 0 Å². The van der Waals surface area contributed by atoms with E-state index in [0.717, 1.165) is 0 Å². The summed E-state index contributed by atoms with van der Waals surface area (Å²) in [6.07, 6.45) is -4.64. The highest BCUT2D eigenvalue weighted by molar-refractivity contribution is 7.91. The third-order valence-electron chi connectivity index (χ3n) is 0.695. The Labute approximate surface area is 57.0 Å². The molecule has 0 aliphatic heterocycles. The van der Waals surface area contributed by atoms with E-state index in [2.05, 4.69) is 6.92 Å². The summed E-state index contributed by atoms with van der Waals surface area (Å²) in [6, 6.07) is 0. The Morgan fingerprint density at radius 1 is 1.30 bits per heavy atom. The topological polar surface area (TPSA) is 34.1 Å². The molecule has 0 amide bonds. The van der Waals surface area contributed by atoms with Gasteiger partial charge in [-0.3, -0.25) is 0 Å². The van der Waals surface area contributed by atoms with Crippen molar-refractivity contribution < 1.29 is 21.6 Å². The van der Waals surface area contributed by atoms with Crippen LogP contribution in [0.1, 0.15) is 0 Å². The largest absolute Gasteiger partial charge is 0.402 e. The zero-order valence-electron chi connectivity index (χ0n) is 4.98. The van der Waals surface area contributed by atoms with Crippen LogP contribution >= 0.6 is 0 Å². The molecule has 0 fully saturated rings. The van der Waals surface area contributed by atoms with Crippen molar-refractivity contribution >= 4 is 9.84 Å². The lowest BCUT2D eigenvalue weighted by atomic mass is 10.8. The summed E-state index contributed by atoms with van der Waals surface area (Å²) in [5, 5.41) is 0.